The Balaban J connectivity index is 1.19. The summed E-state index contributed by atoms with van der Waals surface area (Å²) in [6.45, 7) is 7.90. The number of piperidine rings is 1. The Morgan fingerprint density at radius 2 is 1.89 bits per heavy atom. The Kier molecular flexibility index (Phi) is 7.16. The van der Waals surface area contributed by atoms with Crippen LogP contribution in [0.2, 0.25) is 5.02 Å². The van der Waals surface area contributed by atoms with Gasteiger partial charge in [0.05, 0.1) is 30.2 Å². The lowest BCUT2D eigenvalue weighted by molar-refractivity contribution is 0.0585. The van der Waals surface area contributed by atoms with Crippen molar-refractivity contribution in [1.82, 2.24) is 19.6 Å². The van der Waals surface area contributed by atoms with Gasteiger partial charge in [-0.25, -0.2) is 13.2 Å². The van der Waals surface area contributed by atoms with Crippen molar-refractivity contribution >= 4 is 39.2 Å². The molecular formula is C25H35ClN6O4S. The van der Waals surface area contributed by atoms with Gasteiger partial charge >= 0.3 is 6.03 Å². The number of amides is 1. The van der Waals surface area contributed by atoms with Crippen molar-refractivity contribution in [3.05, 3.63) is 41.0 Å². The third kappa shape index (κ3) is 5.74. The molecule has 5 rings (SSSR count). The molecule has 2 aromatic rings. The van der Waals surface area contributed by atoms with E-state index in [1.54, 1.807) is 4.90 Å². The first-order valence-corrected chi connectivity index (χ1v) is 14.9. The summed E-state index contributed by atoms with van der Waals surface area (Å²) in [6.07, 6.45) is 4.17. The highest BCUT2D eigenvalue weighted by molar-refractivity contribution is 7.92. The molecule has 1 aromatic carbocycles. The van der Waals surface area contributed by atoms with E-state index < -0.39 is 10.0 Å². The SMILES string of the molecule is CN(Cc1ccc(Cl)c(N2CC3COCC3C2)c1)C1(C)CCN(C(=O)n2ccc(NS(C)(=O)=O)n2)CC1. The van der Waals surface area contributed by atoms with Crippen LogP contribution >= 0.6 is 11.6 Å². The van der Waals surface area contributed by atoms with Gasteiger partial charge in [0, 0.05) is 62.4 Å². The van der Waals surface area contributed by atoms with Crippen molar-refractivity contribution in [3.8, 4) is 0 Å². The van der Waals surface area contributed by atoms with Crippen LogP contribution in [-0.4, -0.2) is 92.3 Å². The average molecular weight is 551 g/mol. The van der Waals surface area contributed by atoms with E-state index in [-0.39, 0.29) is 17.4 Å². The quantitative estimate of drug-likeness (QED) is 0.590. The first kappa shape index (κ1) is 26.3. The standard InChI is InChI=1S/C25H35ClN6O4S/c1-25(7-10-30(11-8-25)24(33)32-9-6-23(27-32)28-37(3,34)35)29(2)13-18-4-5-21(26)22(12-18)31-14-19-16-36-17-20(19)15-31/h4-6,9,12,19-20H,7-8,10-11,13-17H2,1-3H3,(H,27,28). The third-order valence-electron chi connectivity index (χ3n) is 8.12. The van der Waals surface area contributed by atoms with Crippen molar-refractivity contribution in [1.29, 1.82) is 0 Å². The first-order valence-electron chi connectivity index (χ1n) is 12.7. The van der Waals surface area contributed by atoms with Gasteiger partial charge < -0.3 is 14.5 Å². The molecule has 3 saturated heterocycles. The van der Waals surface area contributed by atoms with Gasteiger partial charge in [-0.15, -0.1) is 5.10 Å². The lowest BCUT2D eigenvalue weighted by atomic mass is 9.87. The van der Waals surface area contributed by atoms with Crippen molar-refractivity contribution in [2.75, 3.05) is 62.3 Å². The summed E-state index contributed by atoms with van der Waals surface area (Å²) in [7, 11) is -1.31. The number of halogens is 1. The Hall–Kier alpha value is -2.34. The number of aromatic nitrogens is 2. The molecule has 0 saturated carbocycles. The molecule has 2 unspecified atom stereocenters. The molecule has 0 radical (unpaired) electrons. The topological polar surface area (TPSA) is 100 Å². The van der Waals surface area contributed by atoms with E-state index in [9.17, 15) is 13.2 Å². The van der Waals surface area contributed by atoms with Crippen LogP contribution < -0.4 is 9.62 Å². The first-order chi connectivity index (χ1) is 17.5. The molecule has 3 aliphatic rings. The van der Waals surface area contributed by atoms with Crippen LogP contribution in [0, 0.1) is 11.8 Å². The van der Waals surface area contributed by atoms with Gasteiger partial charge in [-0.2, -0.15) is 4.68 Å². The van der Waals surface area contributed by atoms with Crippen molar-refractivity contribution in [2.24, 2.45) is 11.8 Å². The number of anilines is 2. The van der Waals surface area contributed by atoms with Crippen LogP contribution in [0.1, 0.15) is 25.3 Å². The molecule has 37 heavy (non-hydrogen) atoms. The summed E-state index contributed by atoms with van der Waals surface area (Å²) in [5.41, 5.74) is 2.26. The maximum atomic E-state index is 12.9. The van der Waals surface area contributed by atoms with Gasteiger partial charge in [0.1, 0.15) is 0 Å². The second-order valence-corrected chi connectivity index (χ2v) is 13.0. The van der Waals surface area contributed by atoms with Crippen LogP contribution in [0.4, 0.5) is 16.3 Å². The normalized spacial score (nSPS) is 23.5. The maximum Gasteiger partial charge on any atom is 0.344 e. The fraction of sp³-hybridized carbons (Fsp3) is 0.600. The summed E-state index contributed by atoms with van der Waals surface area (Å²) < 4.78 is 31.9. The fourth-order valence-corrected chi connectivity index (χ4v) is 6.35. The van der Waals surface area contributed by atoms with E-state index in [1.165, 1.54) is 22.5 Å². The molecule has 3 aliphatic heterocycles. The molecule has 1 N–H and O–H groups in total. The van der Waals surface area contributed by atoms with Crippen LogP contribution in [-0.2, 0) is 21.3 Å². The second kappa shape index (κ2) is 10.1. The summed E-state index contributed by atoms with van der Waals surface area (Å²) in [5.74, 6) is 1.32. The van der Waals surface area contributed by atoms with Gasteiger partial charge in [0.15, 0.2) is 5.82 Å². The largest absolute Gasteiger partial charge is 0.381 e. The van der Waals surface area contributed by atoms with Gasteiger partial charge in [0.2, 0.25) is 10.0 Å². The number of nitrogens with zero attached hydrogens (tertiary/aromatic N) is 5. The molecule has 0 aliphatic carbocycles. The molecular weight excluding hydrogens is 516 g/mol. The minimum atomic E-state index is -3.45. The predicted octanol–water partition coefficient (Wildman–Crippen LogP) is 2.95. The monoisotopic (exact) mass is 550 g/mol. The van der Waals surface area contributed by atoms with E-state index in [2.05, 4.69) is 45.7 Å². The zero-order valence-electron chi connectivity index (χ0n) is 21.6. The minimum absolute atomic E-state index is 0.0638. The van der Waals surface area contributed by atoms with Crippen molar-refractivity contribution in [3.63, 3.8) is 0 Å². The molecule has 0 bridgehead atoms. The van der Waals surface area contributed by atoms with Crippen molar-refractivity contribution < 1.29 is 17.9 Å². The summed E-state index contributed by atoms with van der Waals surface area (Å²) in [6, 6.07) is 7.55. The van der Waals surface area contributed by atoms with E-state index in [0.717, 1.165) is 62.7 Å². The molecule has 12 heteroatoms. The van der Waals surface area contributed by atoms with E-state index in [1.807, 2.05) is 6.07 Å². The Morgan fingerprint density at radius 3 is 2.54 bits per heavy atom. The average Bonchev–Trinajstić information content (AvgIpc) is 3.56. The highest BCUT2D eigenvalue weighted by Gasteiger charge is 2.38. The molecule has 2 atom stereocenters. The van der Waals surface area contributed by atoms with Crippen LogP contribution in [0.5, 0.6) is 0 Å². The summed E-state index contributed by atoms with van der Waals surface area (Å²) in [5, 5.41) is 4.86. The third-order valence-corrected chi connectivity index (χ3v) is 9.02. The lowest BCUT2D eigenvalue weighted by Gasteiger charge is -2.45. The molecule has 0 spiro atoms. The predicted molar refractivity (Wildman–Crippen MR) is 144 cm³/mol. The van der Waals surface area contributed by atoms with E-state index in [0.29, 0.717) is 24.9 Å². The maximum absolute atomic E-state index is 12.9. The number of nitrogens with one attached hydrogen (secondary N) is 1. The van der Waals surface area contributed by atoms with Crippen LogP contribution in [0.25, 0.3) is 0 Å². The Labute approximate surface area is 223 Å². The highest BCUT2D eigenvalue weighted by Crippen LogP contribution is 2.37. The molecule has 3 fully saturated rings. The number of likely N-dealkylation sites (tertiary alicyclic amines) is 1. The van der Waals surface area contributed by atoms with E-state index in [4.69, 9.17) is 16.3 Å². The Morgan fingerprint density at radius 1 is 1.22 bits per heavy atom. The number of fused-ring (bicyclic) bond motifs is 1. The number of carbonyl (C=O) groups excluding carboxylic acids is 1. The van der Waals surface area contributed by atoms with Gasteiger partial charge in [-0.3, -0.25) is 9.62 Å². The number of ether oxygens (including phenoxy) is 1. The number of sulfonamides is 1. The molecule has 1 amide bonds. The molecule has 4 heterocycles. The molecule has 1 aromatic heterocycles. The number of hydrogen-bond donors (Lipinski definition) is 1. The zero-order valence-corrected chi connectivity index (χ0v) is 23.1. The lowest BCUT2D eigenvalue weighted by Crippen LogP contribution is -2.53. The van der Waals surface area contributed by atoms with E-state index >= 15 is 0 Å². The number of benzene rings is 1. The Bertz CT molecular complexity index is 1250. The number of carbonyl (C=O) groups is 1. The molecule has 10 nitrogen and oxygen atoms in total. The summed E-state index contributed by atoms with van der Waals surface area (Å²) >= 11 is 6.61. The minimum Gasteiger partial charge on any atom is -0.381 e. The van der Waals surface area contributed by atoms with Gasteiger partial charge in [-0.1, -0.05) is 17.7 Å². The smallest absolute Gasteiger partial charge is 0.344 e. The highest BCUT2D eigenvalue weighted by atomic mass is 35.5. The fourth-order valence-electron chi connectivity index (χ4n) is 5.63. The van der Waals surface area contributed by atoms with Crippen molar-refractivity contribution in [2.45, 2.75) is 31.8 Å². The summed E-state index contributed by atoms with van der Waals surface area (Å²) in [4.78, 5) is 19.5. The van der Waals surface area contributed by atoms with Gasteiger partial charge in [-0.05, 0) is 44.5 Å². The molecule has 202 valence electrons. The van der Waals surface area contributed by atoms with Crippen LogP contribution in [0.15, 0.2) is 30.5 Å². The number of hydrogen-bond acceptors (Lipinski definition) is 7. The second-order valence-electron chi connectivity index (χ2n) is 10.9. The number of rotatable bonds is 6. The van der Waals surface area contributed by atoms with Crippen LogP contribution in [0.3, 0.4) is 0 Å². The zero-order chi connectivity index (χ0) is 26.4. The van der Waals surface area contributed by atoms with Gasteiger partial charge in [0.25, 0.3) is 0 Å².